The molecule has 0 saturated carbocycles. The highest BCUT2D eigenvalue weighted by Gasteiger charge is 2.23. The van der Waals surface area contributed by atoms with Gasteiger partial charge in [-0.05, 0) is 42.7 Å². The number of hydrogen-bond donors (Lipinski definition) is 1. The number of hydrogen-bond acceptors (Lipinski definition) is 4. The number of fused-ring (bicyclic) bond motifs is 1. The Labute approximate surface area is 134 Å². The van der Waals surface area contributed by atoms with Crippen LogP contribution in [0.25, 0.3) is 6.08 Å². The number of ether oxygens (including phenoxy) is 2. The summed E-state index contributed by atoms with van der Waals surface area (Å²) in [6, 6.07) is 3.60. The summed E-state index contributed by atoms with van der Waals surface area (Å²) in [6.07, 6.45) is 4.30. The van der Waals surface area contributed by atoms with E-state index in [1.165, 1.54) is 0 Å². The molecule has 1 saturated heterocycles. The summed E-state index contributed by atoms with van der Waals surface area (Å²) in [5.41, 5.74) is 6.46. The first-order chi connectivity index (χ1) is 10.7. The predicted octanol–water partition coefficient (Wildman–Crippen LogP) is 1.93. The molecule has 1 amide bonds. The molecule has 0 aromatic heterocycles. The van der Waals surface area contributed by atoms with Gasteiger partial charge in [-0.15, -0.1) is 0 Å². The molecule has 0 aliphatic carbocycles. The van der Waals surface area contributed by atoms with Crippen LogP contribution in [0.2, 0.25) is 5.02 Å². The van der Waals surface area contributed by atoms with E-state index in [-0.39, 0.29) is 5.91 Å². The van der Waals surface area contributed by atoms with E-state index in [0.29, 0.717) is 42.2 Å². The maximum Gasteiger partial charge on any atom is 0.246 e. The summed E-state index contributed by atoms with van der Waals surface area (Å²) in [6.45, 7) is 3.14. The average molecular weight is 323 g/mol. The van der Waals surface area contributed by atoms with Crippen molar-refractivity contribution in [2.75, 3.05) is 32.8 Å². The van der Waals surface area contributed by atoms with Gasteiger partial charge in [0.25, 0.3) is 0 Å². The summed E-state index contributed by atoms with van der Waals surface area (Å²) in [5, 5.41) is 0.494. The SMILES string of the molecule is NCC1CCN(C(=O)/C=C/c2cc(Cl)c3c(c2)OCCO3)C1. The zero-order chi connectivity index (χ0) is 15.5. The van der Waals surface area contributed by atoms with Crippen LogP contribution in [0.3, 0.4) is 0 Å². The van der Waals surface area contributed by atoms with E-state index in [1.54, 1.807) is 18.2 Å². The lowest BCUT2D eigenvalue weighted by molar-refractivity contribution is -0.125. The maximum absolute atomic E-state index is 12.2. The molecular weight excluding hydrogens is 304 g/mol. The number of nitrogens with zero attached hydrogens (tertiary/aromatic N) is 1. The maximum atomic E-state index is 12.2. The van der Waals surface area contributed by atoms with Gasteiger partial charge in [0.1, 0.15) is 13.2 Å². The van der Waals surface area contributed by atoms with E-state index in [1.807, 2.05) is 11.0 Å². The molecule has 2 heterocycles. The van der Waals surface area contributed by atoms with Crippen molar-refractivity contribution >= 4 is 23.6 Å². The van der Waals surface area contributed by atoms with Gasteiger partial charge in [0, 0.05) is 19.2 Å². The van der Waals surface area contributed by atoms with Crippen LogP contribution in [0, 0.1) is 5.92 Å². The molecule has 2 aliphatic rings. The minimum Gasteiger partial charge on any atom is -0.486 e. The van der Waals surface area contributed by atoms with Crippen LogP contribution in [0.5, 0.6) is 11.5 Å². The summed E-state index contributed by atoms with van der Waals surface area (Å²) >= 11 is 6.18. The third-order valence-corrected chi connectivity index (χ3v) is 4.25. The molecule has 5 nitrogen and oxygen atoms in total. The first kappa shape index (κ1) is 15.2. The second kappa shape index (κ2) is 6.58. The number of nitrogens with two attached hydrogens (primary N) is 1. The normalized spacial score (nSPS) is 20.6. The van der Waals surface area contributed by atoms with Crippen LogP contribution >= 0.6 is 11.6 Å². The van der Waals surface area contributed by atoms with E-state index < -0.39 is 0 Å². The fourth-order valence-corrected chi connectivity index (χ4v) is 3.00. The highest BCUT2D eigenvalue weighted by molar-refractivity contribution is 6.32. The van der Waals surface area contributed by atoms with Crippen molar-refractivity contribution in [3.05, 3.63) is 28.8 Å². The van der Waals surface area contributed by atoms with Crippen LogP contribution in [0.4, 0.5) is 0 Å². The largest absolute Gasteiger partial charge is 0.486 e. The van der Waals surface area contributed by atoms with Crippen molar-refractivity contribution in [3.8, 4) is 11.5 Å². The number of likely N-dealkylation sites (tertiary alicyclic amines) is 1. The Hall–Kier alpha value is -1.72. The molecule has 2 N–H and O–H groups in total. The van der Waals surface area contributed by atoms with Gasteiger partial charge in [-0.25, -0.2) is 0 Å². The fourth-order valence-electron chi connectivity index (χ4n) is 2.73. The van der Waals surface area contributed by atoms with Gasteiger partial charge in [-0.1, -0.05) is 11.6 Å². The monoisotopic (exact) mass is 322 g/mol. The number of amides is 1. The lowest BCUT2D eigenvalue weighted by atomic mass is 10.1. The van der Waals surface area contributed by atoms with Crippen LogP contribution in [-0.2, 0) is 4.79 Å². The second-order valence-corrected chi connectivity index (χ2v) is 5.94. The van der Waals surface area contributed by atoms with Crippen molar-refractivity contribution in [1.29, 1.82) is 0 Å². The van der Waals surface area contributed by atoms with Crippen molar-refractivity contribution in [1.82, 2.24) is 4.90 Å². The Morgan fingerprint density at radius 3 is 3.00 bits per heavy atom. The molecule has 6 heteroatoms. The molecule has 1 aromatic carbocycles. The molecular formula is C16H19ClN2O3. The number of halogens is 1. The van der Waals surface area contributed by atoms with E-state index in [2.05, 4.69) is 0 Å². The van der Waals surface area contributed by atoms with E-state index in [9.17, 15) is 4.79 Å². The zero-order valence-corrected chi connectivity index (χ0v) is 13.0. The Balaban J connectivity index is 1.70. The smallest absolute Gasteiger partial charge is 0.246 e. The summed E-state index contributed by atoms with van der Waals surface area (Å²) < 4.78 is 11.0. The molecule has 1 atom stereocenters. The average Bonchev–Trinajstić information content (AvgIpc) is 3.02. The summed E-state index contributed by atoms with van der Waals surface area (Å²) in [4.78, 5) is 14.0. The Kier molecular flexibility index (Phi) is 4.55. The fraction of sp³-hybridized carbons (Fsp3) is 0.438. The van der Waals surface area contributed by atoms with Gasteiger partial charge in [0.05, 0.1) is 5.02 Å². The van der Waals surface area contributed by atoms with Crippen molar-refractivity contribution in [2.45, 2.75) is 6.42 Å². The minimum atomic E-state index is 0.00182. The van der Waals surface area contributed by atoms with Gasteiger partial charge in [-0.3, -0.25) is 4.79 Å². The van der Waals surface area contributed by atoms with Crippen LogP contribution in [0.1, 0.15) is 12.0 Å². The molecule has 118 valence electrons. The summed E-state index contributed by atoms with van der Waals surface area (Å²) in [5.74, 6) is 1.61. The molecule has 3 rings (SSSR count). The van der Waals surface area contributed by atoms with Gasteiger partial charge in [-0.2, -0.15) is 0 Å². The second-order valence-electron chi connectivity index (χ2n) is 5.53. The first-order valence-corrected chi connectivity index (χ1v) is 7.81. The van der Waals surface area contributed by atoms with Crippen LogP contribution < -0.4 is 15.2 Å². The van der Waals surface area contributed by atoms with E-state index in [0.717, 1.165) is 25.1 Å². The highest BCUT2D eigenvalue weighted by atomic mass is 35.5. The third kappa shape index (κ3) is 3.20. The Bertz CT molecular complexity index is 603. The Morgan fingerprint density at radius 1 is 1.41 bits per heavy atom. The first-order valence-electron chi connectivity index (χ1n) is 7.43. The topological polar surface area (TPSA) is 64.8 Å². The zero-order valence-electron chi connectivity index (χ0n) is 12.3. The number of benzene rings is 1. The number of carbonyl (C=O) groups excluding carboxylic acids is 1. The predicted molar refractivity (Wildman–Crippen MR) is 85.2 cm³/mol. The number of rotatable bonds is 3. The van der Waals surface area contributed by atoms with Gasteiger partial charge in [0.15, 0.2) is 11.5 Å². The number of carbonyl (C=O) groups is 1. The molecule has 22 heavy (non-hydrogen) atoms. The van der Waals surface area contributed by atoms with Crippen molar-refractivity contribution in [2.24, 2.45) is 11.7 Å². The molecule has 1 fully saturated rings. The van der Waals surface area contributed by atoms with E-state index in [4.69, 9.17) is 26.8 Å². The summed E-state index contributed by atoms with van der Waals surface area (Å²) in [7, 11) is 0. The van der Waals surface area contributed by atoms with E-state index >= 15 is 0 Å². The molecule has 2 aliphatic heterocycles. The highest BCUT2D eigenvalue weighted by Crippen LogP contribution is 2.38. The van der Waals surface area contributed by atoms with Crippen molar-refractivity contribution in [3.63, 3.8) is 0 Å². The molecule has 1 aromatic rings. The quantitative estimate of drug-likeness (QED) is 0.864. The van der Waals surface area contributed by atoms with Crippen molar-refractivity contribution < 1.29 is 14.3 Å². The molecule has 0 bridgehead atoms. The third-order valence-electron chi connectivity index (χ3n) is 3.97. The molecule has 1 unspecified atom stereocenters. The molecule has 0 spiro atoms. The molecule has 0 radical (unpaired) electrons. The van der Waals surface area contributed by atoms with Gasteiger partial charge < -0.3 is 20.1 Å². The minimum absolute atomic E-state index is 0.00182. The lowest BCUT2D eigenvalue weighted by Crippen LogP contribution is -2.28. The standard InChI is InChI=1S/C16H19ClN2O3/c17-13-7-11(8-14-16(13)22-6-5-21-14)1-2-15(20)19-4-3-12(9-18)10-19/h1-2,7-8,12H,3-6,9-10,18H2/b2-1+. The Morgan fingerprint density at radius 2 is 2.23 bits per heavy atom. The van der Waals surface area contributed by atoms with Gasteiger partial charge in [0.2, 0.25) is 5.91 Å². The van der Waals surface area contributed by atoms with Crippen LogP contribution in [0.15, 0.2) is 18.2 Å². The lowest BCUT2D eigenvalue weighted by Gasteiger charge is -2.19. The van der Waals surface area contributed by atoms with Gasteiger partial charge >= 0.3 is 0 Å². The van der Waals surface area contributed by atoms with Crippen LogP contribution in [-0.4, -0.2) is 43.7 Å².